The second kappa shape index (κ2) is 12.4. The van der Waals surface area contributed by atoms with E-state index in [1.165, 1.54) is 0 Å². The van der Waals surface area contributed by atoms with Gasteiger partial charge in [0.2, 0.25) is 5.91 Å². The van der Waals surface area contributed by atoms with Gasteiger partial charge in [-0.25, -0.2) is 0 Å². The number of carbonyl (C=O) groups is 3. The molecule has 1 aliphatic carbocycles. The molecule has 0 spiro atoms. The van der Waals surface area contributed by atoms with Crippen molar-refractivity contribution in [1.82, 2.24) is 5.32 Å². The van der Waals surface area contributed by atoms with E-state index in [0.29, 0.717) is 23.8 Å². The Morgan fingerprint density at radius 3 is 2.08 bits per heavy atom. The fraction of sp³-hybridized carbons (Fsp3) is 0.516. The van der Waals surface area contributed by atoms with E-state index < -0.39 is 5.97 Å². The number of anilines is 1. The van der Waals surface area contributed by atoms with E-state index in [2.05, 4.69) is 37.5 Å². The fourth-order valence-corrected chi connectivity index (χ4v) is 5.57. The van der Waals surface area contributed by atoms with Crippen molar-refractivity contribution in [2.24, 2.45) is 23.2 Å². The summed E-state index contributed by atoms with van der Waals surface area (Å²) in [5, 5.41) is 14.6. The molecule has 3 N–H and O–H groups in total. The molecule has 0 bridgehead atoms. The molecule has 3 rings (SSSR count). The molecule has 2 aromatic carbocycles. The summed E-state index contributed by atoms with van der Waals surface area (Å²) in [6.07, 6.45) is 4.85. The van der Waals surface area contributed by atoms with Crippen LogP contribution in [0.3, 0.4) is 0 Å². The molecule has 0 aliphatic heterocycles. The van der Waals surface area contributed by atoms with E-state index >= 15 is 0 Å². The number of nitrogens with one attached hydrogen (secondary N) is 2. The van der Waals surface area contributed by atoms with Crippen molar-refractivity contribution in [2.75, 3.05) is 11.9 Å². The molecule has 200 valence electrons. The van der Waals surface area contributed by atoms with E-state index in [1.807, 2.05) is 38.1 Å². The first-order chi connectivity index (χ1) is 17.4. The standard InChI is InChI=1S/C31H42N2O4/c1-20-16-21(2)18-26(17-20)33-30(37)27(23-10-12-25(13-11-23)31(3,4)5)19-22-6-8-24(9-7-22)29(36)32-15-14-28(34)35/h6-9,16-18,23,25,27H,10-15,19H2,1-5H3,(H,32,36)(H,33,37)(H,34,35). The number of carboxylic acids is 1. The van der Waals surface area contributed by atoms with E-state index in [0.717, 1.165) is 48.1 Å². The second-order valence-corrected chi connectivity index (χ2v) is 11.8. The molecule has 37 heavy (non-hydrogen) atoms. The topological polar surface area (TPSA) is 95.5 Å². The summed E-state index contributed by atoms with van der Waals surface area (Å²) in [6.45, 7) is 11.1. The Hall–Kier alpha value is -3.15. The monoisotopic (exact) mass is 506 g/mol. The van der Waals surface area contributed by atoms with Crippen LogP contribution in [0.5, 0.6) is 0 Å². The first-order valence-corrected chi connectivity index (χ1v) is 13.4. The third-order valence-electron chi connectivity index (χ3n) is 7.69. The van der Waals surface area contributed by atoms with Gasteiger partial charge in [-0.2, -0.15) is 0 Å². The van der Waals surface area contributed by atoms with Crippen molar-refractivity contribution in [3.8, 4) is 0 Å². The van der Waals surface area contributed by atoms with Crippen LogP contribution < -0.4 is 10.6 Å². The zero-order valence-electron chi connectivity index (χ0n) is 22.9. The van der Waals surface area contributed by atoms with Crippen LogP contribution >= 0.6 is 0 Å². The van der Waals surface area contributed by atoms with Crippen molar-refractivity contribution < 1.29 is 19.5 Å². The van der Waals surface area contributed by atoms with Gasteiger partial charge in [-0.05, 0) is 104 Å². The zero-order valence-corrected chi connectivity index (χ0v) is 22.9. The number of aliphatic carboxylic acids is 1. The maximum absolute atomic E-state index is 13.6. The molecule has 1 fully saturated rings. The highest BCUT2D eigenvalue weighted by Crippen LogP contribution is 2.42. The summed E-state index contributed by atoms with van der Waals surface area (Å²) >= 11 is 0. The normalized spacial score (nSPS) is 18.6. The van der Waals surface area contributed by atoms with Crippen molar-refractivity contribution in [3.05, 3.63) is 64.7 Å². The van der Waals surface area contributed by atoms with E-state index in [-0.39, 0.29) is 36.1 Å². The number of hydrogen-bond donors (Lipinski definition) is 3. The molecule has 2 amide bonds. The summed E-state index contributed by atoms with van der Waals surface area (Å²) in [5.74, 6) is -0.360. The van der Waals surface area contributed by atoms with E-state index in [1.54, 1.807) is 12.1 Å². The Labute approximate surface area is 221 Å². The lowest BCUT2D eigenvalue weighted by molar-refractivity contribution is -0.136. The molecule has 1 saturated carbocycles. The van der Waals surface area contributed by atoms with Gasteiger partial charge in [-0.3, -0.25) is 14.4 Å². The van der Waals surface area contributed by atoms with E-state index in [9.17, 15) is 14.4 Å². The minimum atomic E-state index is -0.947. The number of amides is 2. The minimum absolute atomic E-state index is 0.0553. The van der Waals surface area contributed by atoms with Gasteiger partial charge in [0.1, 0.15) is 0 Å². The molecule has 0 heterocycles. The molecular weight excluding hydrogens is 464 g/mol. The number of aryl methyl sites for hydroxylation is 2. The quantitative estimate of drug-likeness (QED) is 0.380. The lowest BCUT2D eigenvalue weighted by Gasteiger charge is -2.39. The van der Waals surface area contributed by atoms with Crippen LogP contribution in [0.25, 0.3) is 0 Å². The summed E-state index contributed by atoms with van der Waals surface area (Å²) < 4.78 is 0. The van der Waals surface area contributed by atoms with Crippen LogP contribution in [0.2, 0.25) is 0 Å². The third kappa shape index (κ3) is 8.44. The minimum Gasteiger partial charge on any atom is -0.481 e. The average molecular weight is 507 g/mol. The lowest BCUT2D eigenvalue weighted by Crippen LogP contribution is -2.35. The molecule has 0 saturated heterocycles. The van der Waals surface area contributed by atoms with Crippen molar-refractivity contribution in [3.63, 3.8) is 0 Å². The van der Waals surface area contributed by atoms with Gasteiger partial charge in [0.15, 0.2) is 0 Å². The number of carboxylic acid groups (broad SMARTS) is 1. The summed E-state index contributed by atoms with van der Waals surface area (Å²) in [4.78, 5) is 36.6. The Bertz CT molecular complexity index is 1070. The summed E-state index contributed by atoms with van der Waals surface area (Å²) in [6, 6.07) is 13.4. The Morgan fingerprint density at radius 2 is 1.54 bits per heavy atom. The van der Waals surface area contributed by atoms with Crippen molar-refractivity contribution >= 4 is 23.5 Å². The first-order valence-electron chi connectivity index (χ1n) is 13.4. The van der Waals surface area contributed by atoms with E-state index in [4.69, 9.17) is 5.11 Å². The predicted molar refractivity (Wildman–Crippen MR) is 148 cm³/mol. The van der Waals surface area contributed by atoms with Crippen molar-refractivity contribution in [2.45, 2.75) is 73.1 Å². The molecule has 6 heteroatoms. The number of hydrogen-bond acceptors (Lipinski definition) is 3. The van der Waals surface area contributed by atoms with Crippen LogP contribution in [-0.4, -0.2) is 29.4 Å². The Balaban J connectivity index is 1.74. The Morgan fingerprint density at radius 1 is 0.946 bits per heavy atom. The molecule has 6 nitrogen and oxygen atoms in total. The van der Waals surface area contributed by atoms with Crippen LogP contribution in [0.1, 0.15) is 79.9 Å². The van der Waals surface area contributed by atoms with Crippen molar-refractivity contribution in [1.29, 1.82) is 0 Å². The lowest BCUT2D eigenvalue weighted by atomic mass is 9.66. The smallest absolute Gasteiger partial charge is 0.305 e. The average Bonchev–Trinajstić information content (AvgIpc) is 2.81. The third-order valence-corrected chi connectivity index (χ3v) is 7.69. The summed E-state index contributed by atoms with van der Waals surface area (Å²) in [7, 11) is 0. The number of carbonyl (C=O) groups excluding carboxylic acids is 2. The SMILES string of the molecule is Cc1cc(C)cc(NC(=O)C(Cc2ccc(C(=O)NCCC(=O)O)cc2)C2CCC(C(C)(C)C)CC2)c1. The molecule has 1 atom stereocenters. The second-order valence-electron chi connectivity index (χ2n) is 11.8. The number of rotatable bonds is 9. The van der Waals surface area contributed by atoms with Crippen LogP contribution in [0.4, 0.5) is 5.69 Å². The largest absolute Gasteiger partial charge is 0.481 e. The zero-order chi connectivity index (χ0) is 27.2. The van der Waals surface area contributed by atoms with Gasteiger partial charge < -0.3 is 15.7 Å². The highest BCUT2D eigenvalue weighted by molar-refractivity contribution is 5.94. The van der Waals surface area contributed by atoms with Gasteiger partial charge in [-0.15, -0.1) is 0 Å². The highest BCUT2D eigenvalue weighted by atomic mass is 16.4. The molecule has 1 aliphatic rings. The molecule has 1 unspecified atom stereocenters. The maximum Gasteiger partial charge on any atom is 0.305 e. The molecular formula is C31H42N2O4. The molecule has 0 radical (unpaired) electrons. The molecule has 0 aromatic heterocycles. The maximum atomic E-state index is 13.6. The Kier molecular flexibility index (Phi) is 9.52. The van der Waals surface area contributed by atoms with Gasteiger partial charge in [0.25, 0.3) is 5.91 Å². The van der Waals surface area contributed by atoms with Crippen LogP contribution in [-0.2, 0) is 16.0 Å². The van der Waals surface area contributed by atoms with Gasteiger partial charge >= 0.3 is 5.97 Å². The predicted octanol–water partition coefficient (Wildman–Crippen LogP) is 6.16. The van der Waals surface area contributed by atoms with Gasteiger partial charge in [0, 0.05) is 23.7 Å². The highest BCUT2D eigenvalue weighted by Gasteiger charge is 2.35. The van der Waals surface area contributed by atoms with Crippen LogP contribution in [0.15, 0.2) is 42.5 Å². The van der Waals surface area contributed by atoms with Gasteiger partial charge in [-0.1, -0.05) is 39.0 Å². The fourth-order valence-electron chi connectivity index (χ4n) is 5.57. The van der Waals surface area contributed by atoms with Gasteiger partial charge in [0.05, 0.1) is 6.42 Å². The summed E-state index contributed by atoms with van der Waals surface area (Å²) in [5.41, 5.74) is 4.85. The molecule has 2 aromatic rings. The number of benzene rings is 2. The first kappa shape index (κ1) is 28.4. The van der Waals surface area contributed by atoms with Crippen LogP contribution in [0, 0.1) is 37.0 Å².